The fraction of sp³-hybridized carbons (Fsp3) is 0.455. The van der Waals surface area contributed by atoms with Crippen LogP contribution in [0.1, 0.15) is 11.6 Å². The molecule has 0 aromatic heterocycles. The molecule has 0 radical (unpaired) electrons. The summed E-state index contributed by atoms with van der Waals surface area (Å²) in [6.45, 7) is 1.54. The van der Waals surface area contributed by atoms with E-state index >= 15 is 0 Å². The van der Waals surface area contributed by atoms with Crippen LogP contribution in [0.5, 0.6) is 5.75 Å². The minimum atomic E-state index is -4.89. The van der Waals surface area contributed by atoms with Gasteiger partial charge in [-0.15, -0.1) is 13.2 Å². The first-order valence-electron chi connectivity index (χ1n) is 5.32. The highest BCUT2D eigenvalue weighted by Gasteiger charge is 2.32. The van der Waals surface area contributed by atoms with Gasteiger partial charge in [0.2, 0.25) is 0 Å². The smallest absolute Gasteiger partial charge is 0.403 e. The van der Waals surface area contributed by atoms with E-state index in [9.17, 15) is 17.6 Å². The number of rotatable bonds is 2. The van der Waals surface area contributed by atoms with Gasteiger partial charge in [0.1, 0.15) is 0 Å². The molecule has 1 saturated heterocycles. The second-order valence-electron chi connectivity index (χ2n) is 3.82. The highest BCUT2D eigenvalue weighted by atomic mass is 19.4. The maximum atomic E-state index is 13.4. The van der Waals surface area contributed by atoms with E-state index in [4.69, 9.17) is 4.74 Å². The molecule has 3 nitrogen and oxygen atoms in total. The van der Waals surface area contributed by atoms with Gasteiger partial charge in [0.25, 0.3) is 0 Å². The maximum Gasteiger partial charge on any atom is 0.573 e. The second kappa shape index (κ2) is 5.11. The highest BCUT2D eigenvalue weighted by molar-refractivity contribution is 5.31. The molecule has 1 aromatic rings. The number of halogens is 4. The van der Waals surface area contributed by atoms with Crippen LogP contribution >= 0.6 is 0 Å². The van der Waals surface area contributed by atoms with Gasteiger partial charge in [-0.1, -0.05) is 6.07 Å². The van der Waals surface area contributed by atoms with Gasteiger partial charge < -0.3 is 14.8 Å². The summed E-state index contributed by atoms with van der Waals surface area (Å²) < 4.78 is 58.0. The quantitative estimate of drug-likeness (QED) is 0.833. The van der Waals surface area contributed by atoms with Crippen LogP contribution in [-0.2, 0) is 4.74 Å². The van der Waals surface area contributed by atoms with Gasteiger partial charge in [0.05, 0.1) is 19.3 Å². The van der Waals surface area contributed by atoms with Crippen molar-refractivity contribution in [2.45, 2.75) is 12.4 Å². The normalized spacial score (nSPS) is 20.8. The first-order valence-corrected chi connectivity index (χ1v) is 5.32. The fourth-order valence-electron chi connectivity index (χ4n) is 1.72. The molecule has 1 aromatic carbocycles. The van der Waals surface area contributed by atoms with Crippen LogP contribution in [0.25, 0.3) is 0 Å². The molecule has 1 fully saturated rings. The summed E-state index contributed by atoms with van der Waals surface area (Å²) in [5.41, 5.74) is 0.529. The lowest BCUT2D eigenvalue weighted by atomic mass is 10.1. The minimum Gasteiger partial charge on any atom is -0.403 e. The highest BCUT2D eigenvalue weighted by Crippen LogP contribution is 2.28. The molecule has 2 rings (SSSR count). The Balaban J connectivity index is 2.13. The van der Waals surface area contributed by atoms with Crippen molar-refractivity contribution in [2.75, 3.05) is 19.8 Å². The lowest BCUT2D eigenvalue weighted by Gasteiger charge is -2.24. The monoisotopic (exact) mass is 265 g/mol. The average Bonchev–Trinajstić information content (AvgIpc) is 2.31. The molecule has 0 aliphatic carbocycles. The van der Waals surface area contributed by atoms with E-state index in [1.807, 2.05) is 0 Å². The fourth-order valence-corrected chi connectivity index (χ4v) is 1.72. The van der Waals surface area contributed by atoms with Gasteiger partial charge >= 0.3 is 6.36 Å². The van der Waals surface area contributed by atoms with Gasteiger partial charge in [0.15, 0.2) is 11.6 Å². The molecule has 0 spiro atoms. The van der Waals surface area contributed by atoms with E-state index in [0.717, 1.165) is 12.1 Å². The second-order valence-corrected chi connectivity index (χ2v) is 3.82. The van der Waals surface area contributed by atoms with Crippen LogP contribution in [0.2, 0.25) is 0 Å². The zero-order chi connectivity index (χ0) is 13.2. The molecule has 1 N–H and O–H groups in total. The zero-order valence-corrected chi connectivity index (χ0v) is 9.26. The van der Waals surface area contributed by atoms with E-state index < -0.39 is 17.9 Å². The summed E-state index contributed by atoms with van der Waals surface area (Å²) in [4.78, 5) is 0. The SMILES string of the molecule is Fc1cc([C@H]2COCCN2)ccc1OC(F)(F)F. The summed E-state index contributed by atoms with van der Waals surface area (Å²) in [7, 11) is 0. The summed E-state index contributed by atoms with van der Waals surface area (Å²) in [5.74, 6) is -1.87. The number of hydrogen-bond acceptors (Lipinski definition) is 3. The minimum absolute atomic E-state index is 0.215. The summed E-state index contributed by atoms with van der Waals surface area (Å²) in [6.07, 6.45) is -4.89. The van der Waals surface area contributed by atoms with Crippen molar-refractivity contribution in [3.05, 3.63) is 29.6 Å². The number of hydrogen-bond donors (Lipinski definition) is 1. The third-order valence-corrected chi connectivity index (χ3v) is 2.51. The van der Waals surface area contributed by atoms with Crippen molar-refractivity contribution in [1.82, 2.24) is 5.32 Å². The van der Waals surface area contributed by atoms with E-state index in [-0.39, 0.29) is 6.04 Å². The predicted octanol–water partition coefficient (Wildman–Crippen LogP) is 2.39. The predicted molar refractivity (Wildman–Crippen MR) is 54.6 cm³/mol. The van der Waals surface area contributed by atoms with Gasteiger partial charge in [-0.25, -0.2) is 4.39 Å². The topological polar surface area (TPSA) is 30.5 Å². The molecule has 1 aliphatic rings. The average molecular weight is 265 g/mol. The number of nitrogens with one attached hydrogen (secondary N) is 1. The lowest BCUT2D eigenvalue weighted by molar-refractivity contribution is -0.275. The number of morpholine rings is 1. The molecule has 100 valence electrons. The van der Waals surface area contributed by atoms with Gasteiger partial charge in [0, 0.05) is 6.54 Å². The molecule has 0 unspecified atom stereocenters. The van der Waals surface area contributed by atoms with E-state index in [1.165, 1.54) is 6.07 Å². The Bertz CT molecular complexity index is 416. The Morgan fingerprint density at radius 2 is 2.11 bits per heavy atom. The largest absolute Gasteiger partial charge is 0.573 e. The Hall–Kier alpha value is -1.34. The first-order chi connectivity index (χ1) is 8.46. The van der Waals surface area contributed by atoms with Crippen LogP contribution < -0.4 is 10.1 Å². The Morgan fingerprint density at radius 1 is 1.33 bits per heavy atom. The van der Waals surface area contributed by atoms with Gasteiger partial charge in [-0.2, -0.15) is 0 Å². The number of ether oxygens (including phenoxy) is 2. The zero-order valence-electron chi connectivity index (χ0n) is 9.26. The molecular weight excluding hydrogens is 254 g/mol. The van der Waals surface area contributed by atoms with Gasteiger partial charge in [-0.05, 0) is 17.7 Å². The van der Waals surface area contributed by atoms with Gasteiger partial charge in [-0.3, -0.25) is 0 Å². The van der Waals surface area contributed by atoms with Crippen LogP contribution in [0.3, 0.4) is 0 Å². The number of benzene rings is 1. The van der Waals surface area contributed by atoms with Crippen molar-refractivity contribution in [3.63, 3.8) is 0 Å². The summed E-state index contributed by atoms with van der Waals surface area (Å²) in [6, 6.07) is 3.16. The Morgan fingerprint density at radius 3 is 2.67 bits per heavy atom. The van der Waals surface area contributed by atoms with Crippen LogP contribution in [0.4, 0.5) is 17.6 Å². The molecule has 7 heteroatoms. The molecule has 0 amide bonds. The van der Waals surface area contributed by atoms with E-state index in [1.54, 1.807) is 0 Å². The van der Waals surface area contributed by atoms with Crippen LogP contribution in [-0.4, -0.2) is 26.1 Å². The maximum absolute atomic E-state index is 13.4. The number of alkyl halides is 3. The Labute approximate surface area is 101 Å². The first kappa shape index (κ1) is 13.1. The third-order valence-electron chi connectivity index (χ3n) is 2.51. The molecular formula is C11H11F4NO2. The van der Waals surface area contributed by atoms with Crippen molar-refractivity contribution < 1.29 is 27.0 Å². The lowest BCUT2D eigenvalue weighted by Crippen LogP contribution is -2.34. The van der Waals surface area contributed by atoms with Crippen LogP contribution in [0, 0.1) is 5.82 Å². The molecule has 1 atom stereocenters. The third kappa shape index (κ3) is 3.33. The summed E-state index contributed by atoms with van der Waals surface area (Å²) in [5, 5.41) is 3.08. The Kier molecular flexibility index (Phi) is 3.72. The van der Waals surface area contributed by atoms with Crippen molar-refractivity contribution in [2.24, 2.45) is 0 Å². The molecule has 0 bridgehead atoms. The molecule has 1 heterocycles. The summed E-state index contributed by atoms with van der Waals surface area (Å²) >= 11 is 0. The van der Waals surface area contributed by atoms with Crippen LogP contribution in [0.15, 0.2) is 18.2 Å². The van der Waals surface area contributed by atoms with Crippen molar-refractivity contribution >= 4 is 0 Å². The molecule has 18 heavy (non-hydrogen) atoms. The van der Waals surface area contributed by atoms with Crippen molar-refractivity contribution in [1.29, 1.82) is 0 Å². The van der Waals surface area contributed by atoms with Crippen molar-refractivity contribution in [3.8, 4) is 5.75 Å². The van der Waals surface area contributed by atoms with E-state index in [2.05, 4.69) is 10.1 Å². The molecule has 0 saturated carbocycles. The van der Waals surface area contributed by atoms with E-state index in [0.29, 0.717) is 25.3 Å². The standard InChI is InChI=1S/C11H11F4NO2/c12-8-5-7(9-6-17-4-3-16-9)1-2-10(8)18-11(13,14)15/h1-2,5,9,16H,3-4,6H2/t9-/m1/s1. The molecule has 1 aliphatic heterocycles.